The zero-order valence-electron chi connectivity index (χ0n) is 11.7. The summed E-state index contributed by atoms with van der Waals surface area (Å²) in [6, 6.07) is 5.09. The minimum absolute atomic E-state index is 0.0605. The van der Waals surface area contributed by atoms with Gasteiger partial charge in [0.05, 0.1) is 13.2 Å². The fourth-order valence-electron chi connectivity index (χ4n) is 1.56. The molecule has 0 spiro atoms. The maximum Gasteiger partial charge on any atom is 0.251 e. The van der Waals surface area contributed by atoms with Crippen molar-refractivity contribution < 1.29 is 14.3 Å². The Morgan fingerprint density at radius 3 is 2.47 bits per heavy atom. The van der Waals surface area contributed by atoms with Crippen LogP contribution in [0.1, 0.15) is 31.1 Å². The Bertz CT molecular complexity index is 421. The molecule has 1 aromatic carbocycles. The second-order valence-electron chi connectivity index (χ2n) is 4.14. The monoisotopic (exact) mass is 266 g/mol. The minimum atomic E-state index is -0.165. The lowest BCUT2D eigenvalue weighted by molar-refractivity contribution is 0.0940. The Morgan fingerprint density at radius 1 is 1.26 bits per heavy atom. The normalized spacial score (nSPS) is 11.8. The van der Waals surface area contributed by atoms with Gasteiger partial charge in [-0.1, -0.05) is 0 Å². The molecule has 0 saturated heterocycles. The molecule has 0 aliphatic carbocycles. The van der Waals surface area contributed by atoms with Crippen LogP contribution in [-0.4, -0.2) is 31.7 Å². The molecule has 0 aliphatic heterocycles. The number of hydrogen-bond acceptors (Lipinski definition) is 4. The van der Waals surface area contributed by atoms with Gasteiger partial charge < -0.3 is 20.5 Å². The molecule has 0 bridgehead atoms. The summed E-state index contributed by atoms with van der Waals surface area (Å²) in [6.45, 7) is 7.12. The number of amides is 1. The van der Waals surface area contributed by atoms with Crippen molar-refractivity contribution in [3.8, 4) is 11.5 Å². The largest absolute Gasteiger partial charge is 0.490 e. The maximum absolute atomic E-state index is 12.0. The Labute approximate surface area is 114 Å². The van der Waals surface area contributed by atoms with Crippen LogP contribution < -0.4 is 20.5 Å². The molecule has 3 N–H and O–H groups in total. The zero-order chi connectivity index (χ0) is 14.3. The number of nitrogens with one attached hydrogen (secondary N) is 1. The first-order valence-corrected chi connectivity index (χ1v) is 6.52. The van der Waals surface area contributed by atoms with E-state index in [2.05, 4.69) is 5.32 Å². The van der Waals surface area contributed by atoms with E-state index in [1.165, 1.54) is 0 Å². The molecule has 0 aromatic heterocycles. The summed E-state index contributed by atoms with van der Waals surface area (Å²) in [4.78, 5) is 12.0. The summed E-state index contributed by atoms with van der Waals surface area (Å²) in [6.07, 6.45) is 0. The van der Waals surface area contributed by atoms with Gasteiger partial charge >= 0.3 is 0 Å². The van der Waals surface area contributed by atoms with Crippen molar-refractivity contribution in [2.45, 2.75) is 26.8 Å². The molecule has 5 heteroatoms. The van der Waals surface area contributed by atoms with Gasteiger partial charge in [0, 0.05) is 18.2 Å². The minimum Gasteiger partial charge on any atom is -0.490 e. The van der Waals surface area contributed by atoms with Gasteiger partial charge in [-0.25, -0.2) is 0 Å². The average Bonchev–Trinajstić information content (AvgIpc) is 2.41. The van der Waals surface area contributed by atoms with Crippen molar-refractivity contribution in [2.75, 3.05) is 19.8 Å². The third-order valence-corrected chi connectivity index (χ3v) is 2.54. The molecule has 0 aliphatic rings. The van der Waals surface area contributed by atoms with E-state index >= 15 is 0 Å². The number of carbonyl (C=O) groups is 1. The van der Waals surface area contributed by atoms with Crippen LogP contribution in [0.3, 0.4) is 0 Å². The highest BCUT2D eigenvalue weighted by Gasteiger charge is 2.12. The maximum atomic E-state index is 12.0. The van der Waals surface area contributed by atoms with E-state index in [1.54, 1.807) is 18.2 Å². The molecule has 0 unspecified atom stereocenters. The molecule has 1 aromatic rings. The van der Waals surface area contributed by atoms with Gasteiger partial charge in [-0.2, -0.15) is 0 Å². The van der Waals surface area contributed by atoms with Gasteiger partial charge in [0.15, 0.2) is 11.5 Å². The van der Waals surface area contributed by atoms with Crippen LogP contribution in [0.4, 0.5) is 0 Å². The predicted octanol–water partition coefficient (Wildman–Crippen LogP) is 1.56. The molecule has 106 valence electrons. The van der Waals surface area contributed by atoms with E-state index in [-0.39, 0.29) is 11.9 Å². The Morgan fingerprint density at radius 2 is 1.89 bits per heavy atom. The fraction of sp³-hybridized carbons (Fsp3) is 0.500. The highest BCUT2D eigenvalue weighted by molar-refractivity contribution is 5.95. The van der Waals surface area contributed by atoms with Crippen molar-refractivity contribution in [2.24, 2.45) is 5.73 Å². The quantitative estimate of drug-likeness (QED) is 0.785. The standard InChI is InChI=1S/C14H22N2O3/c1-4-18-12-7-6-11(8-13(12)19-5-2)14(17)16-10(3)9-15/h6-8,10H,4-5,9,15H2,1-3H3,(H,16,17)/t10-/m1/s1. The van der Waals surface area contributed by atoms with Crippen LogP contribution in [0.15, 0.2) is 18.2 Å². The van der Waals surface area contributed by atoms with E-state index in [0.29, 0.717) is 36.8 Å². The van der Waals surface area contributed by atoms with Gasteiger partial charge in [-0.15, -0.1) is 0 Å². The van der Waals surface area contributed by atoms with E-state index in [9.17, 15) is 4.79 Å². The lowest BCUT2D eigenvalue weighted by Gasteiger charge is -2.14. The van der Waals surface area contributed by atoms with Crippen molar-refractivity contribution >= 4 is 5.91 Å². The van der Waals surface area contributed by atoms with Crippen molar-refractivity contribution in [3.63, 3.8) is 0 Å². The summed E-state index contributed by atoms with van der Waals surface area (Å²) in [5, 5.41) is 2.81. The number of carbonyl (C=O) groups excluding carboxylic acids is 1. The summed E-state index contributed by atoms with van der Waals surface area (Å²) in [5.74, 6) is 1.06. The molecule has 0 fully saturated rings. The van der Waals surface area contributed by atoms with Crippen LogP contribution in [0.25, 0.3) is 0 Å². The van der Waals surface area contributed by atoms with Gasteiger partial charge in [0.1, 0.15) is 0 Å². The summed E-state index contributed by atoms with van der Waals surface area (Å²) in [5.41, 5.74) is 6.01. The molecule has 0 saturated carbocycles. The lowest BCUT2D eigenvalue weighted by Crippen LogP contribution is -2.37. The molecule has 19 heavy (non-hydrogen) atoms. The molecular formula is C14H22N2O3. The topological polar surface area (TPSA) is 73.6 Å². The molecular weight excluding hydrogens is 244 g/mol. The molecule has 0 radical (unpaired) electrons. The van der Waals surface area contributed by atoms with E-state index in [4.69, 9.17) is 15.2 Å². The fourth-order valence-corrected chi connectivity index (χ4v) is 1.56. The SMILES string of the molecule is CCOc1ccc(C(=O)N[C@H](C)CN)cc1OCC. The molecule has 1 rings (SSSR count). The number of nitrogens with two attached hydrogens (primary N) is 1. The zero-order valence-corrected chi connectivity index (χ0v) is 11.7. The number of rotatable bonds is 7. The summed E-state index contributed by atoms with van der Waals surface area (Å²) < 4.78 is 10.9. The third kappa shape index (κ3) is 4.44. The Kier molecular flexibility index (Phi) is 6.15. The first-order valence-electron chi connectivity index (χ1n) is 6.52. The Balaban J connectivity index is 2.90. The average molecular weight is 266 g/mol. The number of ether oxygens (including phenoxy) is 2. The second-order valence-corrected chi connectivity index (χ2v) is 4.14. The van der Waals surface area contributed by atoms with E-state index in [1.807, 2.05) is 20.8 Å². The first kappa shape index (κ1) is 15.3. The van der Waals surface area contributed by atoms with Gasteiger partial charge in [0.25, 0.3) is 5.91 Å². The first-order chi connectivity index (χ1) is 9.12. The van der Waals surface area contributed by atoms with Crippen LogP contribution in [0.2, 0.25) is 0 Å². The van der Waals surface area contributed by atoms with Crippen LogP contribution >= 0.6 is 0 Å². The van der Waals surface area contributed by atoms with Crippen LogP contribution in [-0.2, 0) is 0 Å². The molecule has 1 atom stereocenters. The summed E-state index contributed by atoms with van der Waals surface area (Å²) in [7, 11) is 0. The van der Waals surface area contributed by atoms with Crippen molar-refractivity contribution in [3.05, 3.63) is 23.8 Å². The molecule has 1 amide bonds. The van der Waals surface area contributed by atoms with Gasteiger partial charge in [0.2, 0.25) is 0 Å². The van der Waals surface area contributed by atoms with Crippen LogP contribution in [0, 0.1) is 0 Å². The number of benzene rings is 1. The smallest absolute Gasteiger partial charge is 0.251 e. The van der Waals surface area contributed by atoms with Gasteiger partial charge in [-0.3, -0.25) is 4.79 Å². The van der Waals surface area contributed by atoms with Crippen molar-refractivity contribution in [1.29, 1.82) is 0 Å². The van der Waals surface area contributed by atoms with Crippen molar-refractivity contribution in [1.82, 2.24) is 5.32 Å². The van der Waals surface area contributed by atoms with E-state index < -0.39 is 0 Å². The second kappa shape index (κ2) is 7.63. The highest BCUT2D eigenvalue weighted by Crippen LogP contribution is 2.28. The van der Waals surface area contributed by atoms with Crippen LogP contribution in [0.5, 0.6) is 11.5 Å². The molecule has 0 heterocycles. The number of hydrogen-bond donors (Lipinski definition) is 2. The predicted molar refractivity (Wildman–Crippen MR) is 74.8 cm³/mol. The van der Waals surface area contributed by atoms with Gasteiger partial charge in [-0.05, 0) is 39.0 Å². The Hall–Kier alpha value is -1.75. The third-order valence-electron chi connectivity index (χ3n) is 2.54. The van der Waals surface area contributed by atoms with E-state index in [0.717, 1.165) is 0 Å². The molecule has 5 nitrogen and oxygen atoms in total. The highest BCUT2D eigenvalue weighted by atomic mass is 16.5. The lowest BCUT2D eigenvalue weighted by atomic mass is 10.1. The summed E-state index contributed by atoms with van der Waals surface area (Å²) >= 11 is 0.